The van der Waals surface area contributed by atoms with Crippen molar-refractivity contribution in [2.24, 2.45) is 0 Å². The molecule has 0 fully saturated rings. The van der Waals surface area contributed by atoms with Gasteiger partial charge in [0, 0.05) is 15.5 Å². The van der Waals surface area contributed by atoms with Crippen LogP contribution < -0.4 is 5.73 Å². The van der Waals surface area contributed by atoms with Crippen LogP contribution >= 0.6 is 11.8 Å². The third-order valence-corrected chi connectivity index (χ3v) is 4.04. The lowest BCUT2D eigenvalue weighted by atomic mass is 10.0. The third kappa shape index (κ3) is 3.08. The summed E-state index contributed by atoms with van der Waals surface area (Å²) in [6.45, 7) is 6.47. The van der Waals surface area contributed by atoms with E-state index >= 15 is 0 Å². The first kappa shape index (κ1) is 13.0. The molecule has 0 spiro atoms. The molecule has 0 aliphatic rings. The van der Waals surface area contributed by atoms with Crippen molar-refractivity contribution in [3.8, 4) is 0 Å². The Balaban J connectivity index is 2.18. The number of anilines is 1. The van der Waals surface area contributed by atoms with Gasteiger partial charge in [-0.05, 0) is 48.2 Å². The molecule has 0 bridgehead atoms. The Labute approximate surface area is 113 Å². The summed E-state index contributed by atoms with van der Waals surface area (Å²) >= 11 is 1.72. The van der Waals surface area contributed by atoms with Gasteiger partial charge in [-0.3, -0.25) is 0 Å². The minimum atomic E-state index is 0.577. The van der Waals surface area contributed by atoms with Crippen LogP contribution in [0.1, 0.15) is 30.9 Å². The molecule has 0 saturated carbocycles. The minimum absolute atomic E-state index is 0.577. The molecule has 0 heterocycles. The van der Waals surface area contributed by atoms with E-state index in [1.807, 2.05) is 6.07 Å². The second-order valence-electron chi connectivity index (χ2n) is 4.87. The first-order chi connectivity index (χ1) is 8.56. The summed E-state index contributed by atoms with van der Waals surface area (Å²) in [5.41, 5.74) is 9.45. The molecule has 2 aromatic rings. The van der Waals surface area contributed by atoms with Crippen molar-refractivity contribution in [2.75, 3.05) is 5.73 Å². The van der Waals surface area contributed by atoms with Gasteiger partial charge in [-0.1, -0.05) is 43.8 Å². The van der Waals surface area contributed by atoms with Crippen LogP contribution in [0.25, 0.3) is 0 Å². The zero-order valence-electron chi connectivity index (χ0n) is 11.1. The largest absolute Gasteiger partial charge is 0.398 e. The second kappa shape index (κ2) is 5.49. The molecule has 94 valence electrons. The van der Waals surface area contributed by atoms with Crippen molar-refractivity contribution in [1.82, 2.24) is 0 Å². The third-order valence-electron chi connectivity index (χ3n) is 2.94. The fraction of sp³-hybridized carbons (Fsp3) is 0.250. The van der Waals surface area contributed by atoms with Gasteiger partial charge in [0.25, 0.3) is 0 Å². The van der Waals surface area contributed by atoms with Gasteiger partial charge in [0.15, 0.2) is 0 Å². The van der Waals surface area contributed by atoms with Crippen LogP contribution in [0.2, 0.25) is 0 Å². The van der Waals surface area contributed by atoms with Crippen molar-refractivity contribution in [3.05, 3.63) is 53.6 Å². The van der Waals surface area contributed by atoms with E-state index in [0.29, 0.717) is 5.92 Å². The molecule has 0 unspecified atom stereocenters. The molecule has 2 aromatic carbocycles. The fourth-order valence-electron chi connectivity index (χ4n) is 1.81. The SMILES string of the molecule is Cc1ccc(Sc2ccc(C(C)C)cc2)c(N)c1. The van der Waals surface area contributed by atoms with Crippen LogP contribution in [0.15, 0.2) is 52.3 Å². The maximum absolute atomic E-state index is 6.03. The number of benzene rings is 2. The maximum atomic E-state index is 6.03. The van der Waals surface area contributed by atoms with Gasteiger partial charge in [0.05, 0.1) is 0 Å². The van der Waals surface area contributed by atoms with Gasteiger partial charge in [-0.2, -0.15) is 0 Å². The maximum Gasteiger partial charge on any atom is 0.0458 e. The first-order valence-corrected chi connectivity index (χ1v) is 7.02. The van der Waals surface area contributed by atoms with Gasteiger partial charge < -0.3 is 5.73 Å². The normalized spacial score (nSPS) is 10.9. The highest BCUT2D eigenvalue weighted by atomic mass is 32.2. The van der Waals surface area contributed by atoms with E-state index in [-0.39, 0.29) is 0 Å². The van der Waals surface area contributed by atoms with Crippen molar-refractivity contribution in [3.63, 3.8) is 0 Å². The standard InChI is InChI=1S/C16H19NS/c1-11(2)13-5-7-14(8-6-13)18-16-9-4-12(3)10-15(16)17/h4-11H,17H2,1-3H3. The molecule has 0 aliphatic heterocycles. The van der Waals surface area contributed by atoms with E-state index in [4.69, 9.17) is 5.73 Å². The summed E-state index contributed by atoms with van der Waals surface area (Å²) in [4.78, 5) is 2.35. The predicted molar refractivity (Wildman–Crippen MR) is 80.2 cm³/mol. The molecule has 0 amide bonds. The number of rotatable bonds is 3. The van der Waals surface area contributed by atoms with Crippen LogP contribution in [-0.4, -0.2) is 0 Å². The number of aryl methyl sites for hydroxylation is 1. The summed E-state index contributed by atoms with van der Waals surface area (Å²) in [6.07, 6.45) is 0. The van der Waals surface area contributed by atoms with E-state index in [1.54, 1.807) is 11.8 Å². The second-order valence-corrected chi connectivity index (χ2v) is 5.98. The van der Waals surface area contributed by atoms with Crippen LogP contribution in [0.5, 0.6) is 0 Å². The van der Waals surface area contributed by atoms with Crippen LogP contribution in [-0.2, 0) is 0 Å². The molecular formula is C16H19NS. The van der Waals surface area contributed by atoms with Crippen LogP contribution in [0.4, 0.5) is 5.69 Å². The molecule has 0 aliphatic carbocycles. The average Bonchev–Trinajstić information content (AvgIpc) is 2.33. The number of nitrogens with two attached hydrogens (primary N) is 1. The quantitative estimate of drug-likeness (QED) is 0.795. The zero-order chi connectivity index (χ0) is 13.1. The highest BCUT2D eigenvalue weighted by Crippen LogP contribution is 2.33. The summed E-state index contributed by atoms with van der Waals surface area (Å²) in [5, 5.41) is 0. The molecule has 1 nitrogen and oxygen atoms in total. The van der Waals surface area contributed by atoms with Crippen molar-refractivity contribution < 1.29 is 0 Å². The molecule has 2 heteroatoms. The van der Waals surface area contributed by atoms with Gasteiger partial charge in [0.1, 0.15) is 0 Å². The van der Waals surface area contributed by atoms with Crippen LogP contribution in [0, 0.1) is 6.92 Å². The molecule has 2 N–H and O–H groups in total. The molecular weight excluding hydrogens is 238 g/mol. The highest BCUT2D eigenvalue weighted by Gasteiger charge is 2.03. The lowest BCUT2D eigenvalue weighted by Crippen LogP contribution is -1.89. The molecule has 2 rings (SSSR count). The van der Waals surface area contributed by atoms with Gasteiger partial charge >= 0.3 is 0 Å². The fourth-order valence-corrected chi connectivity index (χ4v) is 2.65. The van der Waals surface area contributed by atoms with Gasteiger partial charge in [-0.15, -0.1) is 0 Å². The summed E-state index contributed by atoms with van der Waals surface area (Å²) in [7, 11) is 0. The number of hydrogen-bond donors (Lipinski definition) is 1. The Bertz CT molecular complexity index is 529. The highest BCUT2D eigenvalue weighted by molar-refractivity contribution is 7.99. The average molecular weight is 257 g/mol. The molecule has 18 heavy (non-hydrogen) atoms. The monoisotopic (exact) mass is 257 g/mol. The van der Waals surface area contributed by atoms with Crippen LogP contribution in [0.3, 0.4) is 0 Å². The Morgan fingerprint density at radius 1 is 1.00 bits per heavy atom. The summed E-state index contributed by atoms with van der Waals surface area (Å²) in [5.74, 6) is 0.577. The topological polar surface area (TPSA) is 26.0 Å². The van der Waals surface area contributed by atoms with Crippen molar-refractivity contribution in [2.45, 2.75) is 36.5 Å². The molecule has 0 atom stereocenters. The Hall–Kier alpha value is -1.41. The Morgan fingerprint density at radius 2 is 1.67 bits per heavy atom. The van der Waals surface area contributed by atoms with E-state index < -0.39 is 0 Å². The number of nitrogen functional groups attached to an aromatic ring is 1. The first-order valence-electron chi connectivity index (χ1n) is 6.20. The van der Waals surface area contributed by atoms with E-state index in [2.05, 4.69) is 57.2 Å². The molecule has 0 radical (unpaired) electrons. The van der Waals surface area contributed by atoms with Crippen molar-refractivity contribution in [1.29, 1.82) is 0 Å². The zero-order valence-corrected chi connectivity index (χ0v) is 11.9. The van der Waals surface area contributed by atoms with Gasteiger partial charge in [-0.25, -0.2) is 0 Å². The molecule has 0 saturated heterocycles. The smallest absolute Gasteiger partial charge is 0.0458 e. The predicted octanol–water partition coefficient (Wildman–Crippen LogP) is 4.85. The number of hydrogen-bond acceptors (Lipinski definition) is 2. The van der Waals surface area contributed by atoms with Crippen molar-refractivity contribution >= 4 is 17.4 Å². The van der Waals surface area contributed by atoms with Gasteiger partial charge in [0.2, 0.25) is 0 Å². The minimum Gasteiger partial charge on any atom is -0.398 e. The Morgan fingerprint density at radius 3 is 2.22 bits per heavy atom. The lowest BCUT2D eigenvalue weighted by molar-refractivity contribution is 0.865. The lowest BCUT2D eigenvalue weighted by Gasteiger charge is -2.08. The molecule has 0 aromatic heterocycles. The summed E-state index contributed by atoms with van der Waals surface area (Å²) < 4.78 is 0. The van der Waals surface area contributed by atoms with E-state index in [9.17, 15) is 0 Å². The van der Waals surface area contributed by atoms with E-state index in [0.717, 1.165) is 10.6 Å². The summed E-state index contributed by atoms with van der Waals surface area (Å²) in [6, 6.07) is 14.9. The Kier molecular flexibility index (Phi) is 3.97. The van der Waals surface area contributed by atoms with E-state index in [1.165, 1.54) is 16.0 Å².